The van der Waals surface area contributed by atoms with Crippen molar-refractivity contribution in [1.29, 1.82) is 0 Å². The van der Waals surface area contributed by atoms with E-state index in [1.165, 1.54) is 0 Å². The van der Waals surface area contributed by atoms with Gasteiger partial charge in [-0.05, 0) is 28.9 Å². The van der Waals surface area contributed by atoms with Gasteiger partial charge in [-0.3, -0.25) is 4.98 Å². The number of pyridine rings is 1. The smallest absolute Gasteiger partial charge is 0.344 e. The molecule has 0 saturated carbocycles. The molecule has 0 atom stereocenters. The number of aromatic nitrogens is 1. The van der Waals surface area contributed by atoms with E-state index in [4.69, 9.17) is 9.47 Å². The standard InChI is InChI=1S/C9H10BrNO3/c1-2-13-9(12)6-14-8-3-4-11-5-7(8)10/h3-5H,2,6H2,1H3. The second kappa shape index (κ2) is 5.59. The number of hydrogen-bond acceptors (Lipinski definition) is 4. The zero-order valence-corrected chi connectivity index (χ0v) is 9.28. The summed E-state index contributed by atoms with van der Waals surface area (Å²) >= 11 is 3.25. The molecular formula is C9H10BrNO3. The maximum absolute atomic E-state index is 10.9. The fraction of sp³-hybridized carbons (Fsp3) is 0.333. The van der Waals surface area contributed by atoms with Crippen LogP contribution in [-0.4, -0.2) is 24.2 Å². The van der Waals surface area contributed by atoms with Crippen LogP contribution in [0.5, 0.6) is 5.75 Å². The first-order chi connectivity index (χ1) is 6.74. The van der Waals surface area contributed by atoms with Gasteiger partial charge in [-0.2, -0.15) is 0 Å². The highest BCUT2D eigenvalue weighted by molar-refractivity contribution is 9.10. The van der Waals surface area contributed by atoms with E-state index < -0.39 is 0 Å². The minimum Gasteiger partial charge on any atom is -0.481 e. The van der Waals surface area contributed by atoms with Gasteiger partial charge in [0.15, 0.2) is 6.61 Å². The summed E-state index contributed by atoms with van der Waals surface area (Å²) in [6.45, 7) is 2.02. The lowest BCUT2D eigenvalue weighted by atomic mass is 10.4. The highest BCUT2D eigenvalue weighted by Crippen LogP contribution is 2.22. The van der Waals surface area contributed by atoms with Crippen molar-refractivity contribution in [3.63, 3.8) is 0 Å². The summed E-state index contributed by atoms with van der Waals surface area (Å²) in [4.78, 5) is 14.8. The first kappa shape index (κ1) is 11.0. The Bertz CT molecular complexity index is 317. The Kier molecular flexibility index (Phi) is 4.39. The summed E-state index contributed by atoms with van der Waals surface area (Å²) in [5, 5.41) is 0. The van der Waals surface area contributed by atoms with Gasteiger partial charge in [-0.15, -0.1) is 0 Å². The zero-order chi connectivity index (χ0) is 10.4. The van der Waals surface area contributed by atoms with Crippen molar-refractivity contribution < 1.29 is 14.3 Å². The van der Waals surface area contributed by atoms with Gasteiger partial charge in [0, 0.05) is 12.4 Å². The number of esters is 1. The molecule has 0 bridgehead atoms. The molecule has 1 aromatic rings. The van der Waals surface area contributed by atoms with Crippen molar-refractivity contribution in [3.8, 4) is 5.75 Å². The van der Waals surface area contributed by atoms with E-state index in [1.54, 1.807) is 25.4 Å². The largest absolute Gasteiger partial charge is 0.481 e. The molecule has 0 fully saturated rings. The van der Waals surface area contributed by atoms with Crippen molar-refractivity contribution >= 4 is 21.9 Å². The van der Waals surface area contributed by atoms with E-state index in [1.807, 2.05) is 0 Å². The van der Waals surface area contributed by atoms with Crippen LogP contribution in [0.1, 0.15) is 6.92 Å². The summed E-state index contributed by atoms with van der Waals surface area (Å²) in [6, 6.07) is 1.67. The summed E-state index contributed by atoms with van der Waals surface area (Å²) < 4.78 is 10.6. The maximum atomic E-state index is 10.9. The van der Waals surface area contributed by atoms with Crippen molar-refractivity contribution in [2.45, 2.75) is 6.92 Å². The van der Waals surface area contributed by atoms with Crippen LogP contribution in [-0.2, 0) is 9.53 Å². The van der Waals surface area contributed by atoms with E-state index >= 15 is 0 Å². The van der Waals surface area contributed by atoms with Crippen LogP contribution in [0.25, 0.3) is 0 Å². The van der Waals surface area contributed by atoms with Crippen molar-refractivity contribution in [3.05, 3.63) is 22.9 Å². The van der Waals surface area contributed by atoms with Crippen LogP contribution < -0.4 is 4.74 Å². The Hall–Kier alpha value is -1.10. The van der Waals surface area contributed by atoms with E-state index in [0.717, 1.165) is 0 Å². The average molecular weight is 260 g/mol. The van der Waals surface area contributed by atoms with Crippen molar-refractivity contribution in [2.75, 3.05) is 13.2 Å². The molecule has 4 nitrogen and oxygen atoms in total. The monoisotopic (exact) mass is 259 g/mol. The van der Waals surface area contributed by atoms with Crippen LogP contribution in [0.3, 0.4) is 0 Å². The molecule has 1 heterocycles. The van der Waals surface area contributed by atoms with Gasteiger partial charge in [0.2, 0.25) is 0 Å². The van der Waals surface area contributed by atoms with Crippen molar-refractivity contribution in [1.82, 2.24) is 4.98 Å². The topological polar surface area (TPSA) is 48.4 Å². The second-order valence-electron chi connectivity index (χ2n) is 2.40. The number of ether oxygens (including phenoxy) is 2. The summed E-state index contributed by atoms with van der Waals surface area (Å²) in [5.41, 5.74) is 0. The van der Waals surface area contributed by atoms with E-state index in [0.29, 0.717) is 16.8 Å². The number of hydrogen-bond donors (Lipinski definition) is 0. The molecule has 0 amide bonds. The normalized spacial score (nSPS) is 9.57. The van der Waals surface area contributed by atoms with Crippen LogP contribution in [0, 0.1) is 0 Å². The highest BCUT2D eigenvalue weighted by atomic mass is 79.9. The lowest BCUT2D eigenvalue weighted by Gasteiger charge is -2.06. The number of nitrogens with zero attached hydrogens (tertiary/aromatic N) is 1. The van der Waals surface area contributed by atoms with Gasteiger partial charge < -0.3 is 9.47 Å². The van der Waals surface area contributed by atoms with E-state index in [-0.39, 0.29) is 12.6 Å². The Morgan fingerprint density at radius 2 is 2.43 bits per heavy atom. The Morgan fingerprint density at radius 3 is 3.07 bits per heavy atom. The third kappa shape index (κ3) is 3.33. The molecule has 0 aliphatic carbocycles. The third-order valence-corrected chi connectivity index (χ3v) is 1.98. The molecule has 0 N–H and O–H groups in total. The lowest BCUT2D eigenvalue weighted by Crippen LogP contribution is -2.14. The van der Waals surface area contributed by atoms with E-state index in [2.05, 4.69) is 20.9 Å². The maximum Gasteiger partial charge on any atom is 0.344 e. The zero-order valence-electron chi connectivity index (χ0n) is 7.70. The molecule has 0 radical (unpaired) electrons. The molecule has 0 spiro atoms. The van der Waals surface area contributed by atoms with Crippen molar-refractivity contribution in [2.24, 2.45) is 0 Å². The molecular weight excluding hydrogens is 250 g/mol. The molecule has 1 aromatic heterocycles. The minimum atomic E-state index is -0.379. The van der Waals surface area contributed by atoms with Crippen LogP contribution >= 0.6 is 15.9 Å². The quantitative estimate of drug-likeness (QED) is 0.774. The third-order valence-electron chi connectivity index (χ3n) is 1.39. The molecule has 14 heavy (non-hydrogen) atoms. The lowest BCUT2D eigenvalue weighted by molar-refractivity contribution is -0.145. The number of halogens is 1. The Morgan fingerprint density at radius 1 is 1.64 bits per heavy atom. The summed E-state index contributed by atoms with van der Waals surface area (Å²) in [6.07, 6.45) is 3.19. The summed E-state index contributed by atoms with van der Waals surface area (Å²) in [7, 11) is 0. The average Bonchev–Trinajstić information content (AvgIpc) is 2.17. The van der Waals surface area contributed by atoms with E-state index in [9.17, 15) is 4.79 Å². The Labute approximate surface area is 90.4 Å². The molecule has 5 heteroatoms. The first-order valence-corrected chi connectivity index (χ1v) is 4.91. The first-order valence-electron chi connectivity index (χ1n) is 4.12. The van der Waals surface area contributed by atoms with Crippen LogP contribution in [0.2, 0.25) is 0 Å². The van der Waals surface area contributed by atoms with Gasteiger partial charge in [0.05, 0.1) is 11.1 Å². The molecule has 0 aliphatic heterocycles. The molecule has 0 aromatic carbocycles. The molecule has 1 rings (SSSR count). The molecule has 76 valence electrons. The number of carbonyl (C=O) groups is 1. The fourth-order valence-corrected chi connectivity index (χ4v) is 1.18. The van der Waals surface area contributed by atoms with Gasteiger partial charge in [0.25, 0.3) is 0 Å². The van der Waals surface area contributed by atoms with Crippen LogP contribution in [0.4, 0.5) is 0 Å². The van der Waals surface area contributed by atoms with Gasteiger partial charge >= 0.3 is 5.97 Å². The predicted molar refractivity (Wildman–Crippen MR) is 54.1 cm³/mol. The highest BCUT2D eigenvalue weighted by Gasteiger charge is 2.05. The van der Waals surface area contributed by atoms with Gasteiger partial charge in [0.1, 0.15) is 5.75 Å². The molecule has 0 unspecified atom stereocenters. The van der Waals surface area contributed by atoms with Crippen LogP contribution in [0.15, 0.2) is 22.9 Å². The molecule has 0 aliphatic rings. The van der Waals surface area contributed by atoms with Gasteiger partial charge in [-0.1, -0.05) is 0 Å². The number of carbonyl (C=O) groups excluding carboxylic acids is 1. The number of rotatable bonds is 4. The summed E-state index contributed by atoms with van der Waals surface area (Å²) in [5.74, 6) is 0.198. The fourth-order valence-electron chi connectivity index (χ4n) is 0.819. The Balaban J connectivity index is 2.46. The molecule has 0 saturated heterocycles. The second-order valence-corrected chi connectivity index (χ2v) is 3.25. The predicted octanol–water partition coefficient (Wildman–Crippen LogP) is 1.79. The SMILES string of the molecule is CCOC(=O)COc1ccncc1Br. The minimum absolute atomic E-state index is 0.0869. The van der Waals surface area contributed by atoms with Gasteiger partial charge in [-0.25, -0.2) is 4.79 Å².